The second kappa shape index (κ2) is 5.01. The van der Waals surface area contributed by atoms with Gasteiger partial charge in [-0.15, -0.1) is 0 Å². The SMILES string of the molecule is CN(CCn1cc(N)cn1)Cc1cnn(C)c1. The number of nitrogens with two attached hydrogens (primary N) is 1. The van der Waals surface area contributed by atoms with Crippen molar-refractivity contribution >= 4 is 5.69 Å². The van der Waals surface area contributed by atoms with Gasteiger partial charge in [-0.3, -0.25) is 9.36 Å². The van der Waals surface area contributed by atoms with Crippen molar-refractivity contribution < 1.29 is 0 Å². The third kappa shape index (κ3) is 3.32. The summed E-state index contributed by atoms with van der Waals surface area (Å²) >= 11 is 0. The van der Waals surface area contributed by atoms with E-state index in [0.717, 1.165) is 19.6 Å². The summed E-state index contributed by atoms with van der Waals surface area (Å²) in [5, 5.41) is 8.29. The van der Waals surface area contributed by atoms with Gasteiger partial charge < -0.3 is 10.6 Å². The van der Waals surface area contributed by atoms with E-state index in [1.807, 2.05) is 35.0 Å². The first-order valence-electron chi connectivity index (χ1n) is 5.57. The van der Waals surface area contributed by atoms with Gasteiger partial charge in [0.25, 0.3) is 0 Å². The van der Waals surface area contributed by atoms with Crippen LogP contribution in [0.3, 0.4) is 0 Å². The highest BCUT2D eigenvalue weighted by atomic mass is 15.3. The molecule has 0 radical (unpaired) electrons. The predicted molar refractivity (Wildman–Crippen MR) is 66.2 cm³/mol. The van der Waals surface area contributed by atoms with Crippen LogP contribution < -0.4 is 5.73 Å². The van der Waals surface area contributed by atoms with Crippen molar-refractivity contribution in [2.24, 2.45) is 7.05 Å². The van der Waals surface area contributed by atoms with Crippen LogP contribution in [0.25, 0.3) is 0 Å². The van der Waals surface area contributed by atoms with Crippen LogP contribution in [0, 0.1) is 0 Å². The average molecular weight is 234 g/mol. The van der Waals surface area contributed by atoms with Gasteiger partial charge in [-0.05, 0) is 7.05 Å². The zero-order valence-electron chi connectivity index (χ0n) is 10.2. The molecule has 0 aliphatic carbocycles. The van der Waals surface area contributed by atoms with Gasteiger partial charge in [-0.1, -0.05) is 0 Å². The van der Waals surface area contributed by atoms with Crippen LogP contribution in [0.1, 0.15) is 5.56 Å². The largest absolute Gasteiger partial charge is 0.396 e. The van der Waals surface area contributed by atoms with E-state index in [0.29, 0.717) is 5.69 Å². The van der Waals surface area contributed by atoms with Gasteiger partial charge in [0.15, 0.2) is 0 Å². The Labute approximate surface area is 101 Å². The molecule has 6 heteroatoms. The molecule has 0 atom stereocenters. The van der Waals surface area contributed by atoms with E-state index in [9.17, 15) is 0 Å². The van der Waals surface area contributed by atoms with Crippen LogP contribution in [0.5, 0.6) is 0 Å². The lowest BCUT2D eigenvalue weighted by molar-refractivity contribution is 0.305. The standard InChI is InChI=1S/C11H18N6/c1-15(7-10-5-13-16(2)8-10)3-4-17-9-11(12)6-14-17/h5-6,8-9H,3-4,7,12H2,1-2H3. The van der Waals surface area contributed by atoms with E-state index in [1.165, 1.54) is 5.56 Å². The maximum absolute atomic E-state index is 5.60. The van der Waals surface area contributed by atoms with Gasteiger partial charge in [0.05, 0.1) is 24.6 Å². The number of likely N-dealkylation sites (N-methyl/N-ethyl adjacent to an activating group) is 1. The minimum absolute atomic E-state index is 0.708. The molecule has 2 rings (SSSR count). The number of nitrogens with zero attached hydrogens (tertiary/aromatic N) is 5. The molecule has 0 unspecified atom stereocenters. The van der Waals surface area contributed by atoms with Crippen molar-refractivity contribution in [2.45, 2.75) is 13.1 Å². The molecular formula is C11H18N6. The van der Waals surface area contributed by atoms with Gasteiger partial charge in [0, 0.05) is 38.1 Å². The maximum Gasteiger partial charge on any atom is 0.0719 e. The molecule has 0 saturated carbocycles. The monoisotopic (exact) mass is 234 g/mol. The average Bonchev–Trinajstić information content (AvgIpc) is 2.85. The minimum Gasteiger partial charge on any atom is -0.396 e. The molecule has 0 fully saturated rings. The molecule has 17 heavy (non-hydrogen) atoms. The third-order valence-corrected chi connectivity index (χ3v) is 2.57. The highest BCUT2D eigenvalue weighted by Crippen LogP contribution is 2.02. The molecule has 0 aliphatic heterocycles. The van der Waals surface area contributed by atoms with E-state index >= 15 is 0 Å². The van der Waals surface area contributed by atoms with Crippen molar-refractivity contribution in [1.29, 1.82) is 0 Å². The number of hydrogen-bond acceptors (Lipinski definition) is 4. The molecule has 0 bridgehead atoms. The first-order valence-corrected chi connectivity index (χ1v) is 5.57. The van der Waals surface area contributed by atoms with E-state index in [4.69, 9.17) is 5.73 Å². The Bertz CT molecular complexity index is 472. The van der Waals surface area contributed by atoms with Gasteiger partial charge in [0.1, 0.15) is 0 Å². The van der Waals surface area contributed by atoms with Crippen LogP contribution >= 0.6 is 0 Å². The van der Waals surface area contributed by atoms with E-state index in [-0.39, 0.29) is 0 Å². The lowest BCUT2D eigenvalue weighted by atomic mass is 10.3. The van der Waals surface area contributed by atoms with Crippen LogP contribution in [0.4, 0.5) is 5.69 Å². The molecule has 92 valence electrons. The molecule has 0 aromatic carbocycles. The van der Waals surface area contributed by atoms with Crippen LogP contribution in [-0.2, 0) is 20.1 Å². The summed E-state index contributed by atoms with van der Waals surface area (Å²) in [6, 6.07) is 0. The number of aryl methyl sites for hydroxylation is 1. The van der Waals surface area contributed by atoms with Gasteiger partial charge in [-0.25, -0.2) is 0 Å². The summed E-state index contributed by atoms with van der Waals surface area (Å²) < 4.78 is 3.67. The van der Waals surface area contributed by atoms with Crippen molar-refractivity contribution in [3.8, 4) is 0 Å². The summed E-state index contributed by atoms with van der Waals surface area (Å²) in [5.74, 6) is 0. The molecule has 0 aliphatic rings. The molecule has 2 aromatic heterocycles. The number of nitrogen functional groups attached to an aromatic ring is 1. The summed E-state index contributed by atoms with van der Waals surface area (Å²) in [6.07, 6.45) is 7.43. The molecule has 0 amide bonds. The first-order chi connectivity index (χ1) is 8.13. The van der Waals surface area contributed by atoms with E-state index in [2.05, 4.69) is 22.1 Å². The van der Waals surface area contributed by atoms with Gasteiger partial charge >= 0.3 is 0 Å². The summed E-state index contributed by atoms with van der Waals surface area (Å²) in [5.41, 5.74) is 7.53. The van der Waals surface area contributed by atoms with Crippen molar-refractivity contribution in [3.63, 3.8) is 0 Å². The summed E-state index contributed by atoms with van der Waals surface area (Å²) in [4.78, 5) is 2.23. The third-order valence-electron chi connectivity index (χ3n) is 2.57. The second-order valence-corrected chi connectivity index (χ2v) is 4.30. The zero-order chi connectivity index (χ0) is 12.3. The second-order valence-electron chi connectivity index (χ2n) is 4.30. The molecule has 0 spiro atoms. The molecule has 0 saturated heterocycles. The number of aromatic nitrogens is 4. The Balaban J connectivity index is 1.79. The first kappa shape index (κ1) is 11.7. The molecular weight excluding hydrogens is 216 g/mol. The highest BCUT2D eigenvalue weighted by molar-refractivity contribution is 5.30. The fourth-order valence-electron chi connectivity index (χ4n) is 1.72. The molecule has 2 N–H and O–H groups in total. The normalized spacial score (nSPS) is 11.2. The Hall–Kier alpha value is -1.82. The summed E-state index contributed by atoms with van der Waals surface area (Å²) in [7, 11) is 4.01. The Morgan fingerprint density at radius 2 is 2.12 bits per heavy atom. The van der Waals surface area contributed by atoms with E-state index in [1.54, 1.807) is 6.20 Å². The quantitative estimate of drug-likeness (QED) is 0.809. The topological polar surface area (TPSA) is 64.9 Å². The van der Waals surface area contributed by atoms with E-state index < -0.39 is 0 Å². The van der Waals surface area contributed by atoms with Gasteiger partial charge in [0.2, 0.25) is 0 Å². The molecule has 2 aromatic rings. The number of hydrogen-bond donors (Lipinski definition) is 1. The highest BCUT2D eigenvalue weighted by Gasteiger charge is 2.03. The van der Waals surface area contributed by atoms with Crippen LogP contribution in [-0.4, -0.2) is 38.1 Å². The van der Waals surface area contributed by atoms with Crippen molar-refractivity contribution in [1.82, 2.24) is 24.5 Å². The van der Waals surface area contributed by atoms with Crippen molar-refractivity contribution in [2.75, 3.05) is 19.3 Å². The van der Waals surface area contributed by atoms with Crippen LogP contribution in [0.15, 0.2) is 24.8 Å². The predicted octanol–water partition coefficient (Wildman–Crippen LogP) is 0.331. The minimum atomic E-state index is 0.708. The maximum atomic E-state index is 5.60. The Morgan fingerprint density at radius 1 is 1.29 bits per heavy atom. The lowest BCUT2D eigenvalue weighted by Crippen LogP contribution is -2.22. The van der Waals surface area contributed by atoms with Crippen LogP contribution in [0.2, 0.25) is 0 Å². The number of rotatable bonds is 5. The summed E-state index contributed by atoms with van der Waals surface area (Å²) in [6.45, 7) is 2.66. The molecule has 2 heterocycles. The Kier molecular flexibility index (Phi) is 3.43. The lowest BCUT2D eigenvalue weighted by Gasteiger charge is -2.15. The zero-order valence-corrected chi connectivity index (χ0v) is 10.2. The smallest absolute Gasteiger partial charge is 0.0719 e. The fraction of sp³-hybridized carbons (Fsp3) is 0.455. The Morgan fingerprint density at radius 3 is 2.71 bits per heavy atom. The van der Waals surface area contributed by atoms with Gasteiger partial charge in [-0.2, -0.15) is 10.2 Å². The molecule has 6 nitrogen and oxygen atoms in total. The van der Waals surface area contributed by atoms with Crippen molar-refractivity contribution in [3.05, 3.63) is 30.4 Å². The number of anilines is 1. The fourth-order valence-corrected chi connectivity index (χ4v) is 1.72.